The first-order chi connectivity index (χ1) is 15.4. The number of carbonyl (C=O) groups excluding carboxylic acids is 3. The number of hydrogen-bond acceptors (Lipinski definition) is 4. The molecular formula is C25H31N3O4. The van der Waals surface area contributed by atoms with Gasteiger partial charge >= 0.3 is 0 Å². The lowest BCUT2D eigenvalue weighted by Crippen LogP contribution is -2.48. The topological polar surface area (TPSA) is 80.6 Å². The monoisotopic (exact) mass is 437 g/mol. The molecule has 1 saturated heterocycles. The van der Waals surface area contributed by atoms with Crippen LogP contribution in [0.1, 0.15) is 33.1 Å². The van der Waals surface area contributed by atoms with Gasteiger partial charge in [0.25, 0.3) is 0 Å². The molecule has 1 aliphatic heterocycles. The number of hydrogen-bond donors (Lipinski definition) is 1. The van der Waals surface area contributed by atoms with Gasteiger partial charge in [-0.1, -0.05) is 26.0 Å². The summed E-state index contributed by atoms with van der Waals surface area (Å²) in [6.07, 6.45) is 7.49. The number of ether oxygens (including phenoxy) is 1. The summed E-state index contributed by atoms with van der Waals surface area (Å²) in [4.78, 5) is 40.7. The molecule has 2 aromatic rings. The van der Waals surface area contributed by atoms with Crippen LogP contribution in [0.4, 0.5) is 5.69 Å². The van der Waals surface area contributed by atoms with Crippen LogP contribution in [0.3, 0.4) is 0 Å². The van der Waals surface area contributed by atoms with Crippen LogP contribution < -0.4 is 5.32 Å². The number of fused-ring (bicyclic) bond motifs is 2. The number of carbonyl (C=O) groups is 3. The average molecular weight is 438 g/mol. The number of methoxy groups -OCH3 is 1. The highest BCUT2D eigenvalue weighted by Gasteiger charge is 2.51. The molecule has 3 amide bonds. The summed E-state index contributed by atoms with van der Waals surface area (Å²) in [5, 5.41) is 3.96. The van der Waals surface area contributed by atoms with Gasteiger partial charge in [-0.3, -0.25) is 19.3 Å². The Hall–Kier alpha value is -2.93. The number of allylic oxidation sites excluding steroid dienone is 2. The van der Waals surface area contributed by atoms with E-state index in [4.69, 9.17) is 4.74 Å². The molecule has 0 radical (unpaired) electrons. The van der Waals surface area contributed by atoms with Crippen molar-refractivity contribution >= 4 is 34.3 Å². The number of nitrogens with one attached hydrogen (secondary N) is 1. The quantitative estimate of drug-likeness (QED) is 0.506. The van der Waals surface area contributed by atoms with Gasteiger partial charge in [-0.05, 0) is 49.4 Å². The fourth-order valence-corrected chi connectivity index (χ4v) is 4.80. The predicted molar refractivity (Wildman–Crippen MR) is 123 cm³/mol. The Labute approximate surface area is 188 Å². The van der Waals surface area contributed by atoms with Crippen molar-refractivity contribution in [1.82, 2.24) is 9.47 Å². The molecule has 0 saturated carbocycles. The molecule has 2 aliphatic rings. The molecule has 0 spiro atoms. The van der Waals surface area contributed by atoms with Gasteiger partial charge in [0, 0.05) is 36.4 Å². The highest BCUT2D eigenvalue weighted by Crippen LogP contribution is 2.37. The van der Waals surface area contributed by atoms with E-state index in [1.807, 2.05) is 56.5 Å². The molecule has 4 rings (SSSR count). The summed E-state index contributed by atoms with van der Waals surface area (Å²) in [5.74, 6) is -1.25. The van der Waals surface area contributed by atoms with Gasteiger partial charge in [-0.2, -0.15) is 0 Å². The number of rotatable bonds is 8. The average Bonchev–Trinajstić information content (AvgIpc) is 3.29. The number of amides is 3. The van der Waals surface area contributed by atoms with Gasteiger partial charge in [-0.15, -0.1) is 0 Å². The van der Waals surface area contributed by atoms with Gasteiger partial charge in [0.05, 0.1) is 18.4 Å². The number of imide groups is 1. The number of likely N-dealkylation sites (tertiary alicyclic amines) is 1. The van der Waals surface area contributed by atoms with E-state index in [1.165, 1.54) is 4.90 Å². The summed E-state index contributed by atoms with van der Waals surface area (Å²) in [5.41, 5.74) is 1.71. The van der Waals surface area contributed by atoms with Crippen molar-refractivity contribution in [2.75, 3.05) is 19.0 Å². The van der Waals surface area contributed by atoms with E-state index in [0.717, 1.165) is 17.4 Å². The molecule has 7 nitrogen and oxygen atoms in total. The van der Waals surface area contributed by atoms with Crippen molar-refractivity contribution < 1.29 is 19.1 Å². The molecule has 1 aromatic carbocycles. The van der Waals surface area contributed by atoms with Gasteiger partial charge < -0.3 is 14.6 Å². The SMILES string of the molecule is COCCn1ccc2cc(NC(=O)C(CC(C)C)N3C(=O)C4CC=CCC4C3=O)ccc21. The minimum Gasteiger partial charge on any atom is -0.383 e. The Kier molecular flexibility index (Phi) is 6.46. The highest BCUT2D eigenvalue weighted by atomic mass is 16.5. The molecule has 170 valence electrons. The minimum atomic E-state index is -0.803. The van der Waals surface area contributed by atoms with E-state index in [-0.39, 0.29) is 35.5 Å². The lowest BCUT2D eigenvalue weighted by atomic mass is 9.85. The third-order valence-corrected chi connectivity index (χ3v) is 6.43. The molecule has 1 N–H and O–H groups in total. The van der Waals surface area contributed by atoms with Crippen LogP contribution in [0, 0.1) is 17.8 Å². The molecule has 1 aliphatic carbocycles. The first kappa shape index (κ1) is 22.3. The van der Waals surface area contributed by atoms with Gasteiger partial charge in [0.15, 0.2) is 0 Å². The summed E-state index contributed by atoms with van der Waals surface area (Å²) in [6.45, 7) is 5.36. The van der Waals surface area contributed by atoms with Crippen molar-refractivity contribution in [2.24, 2.45) is 17.8 Å². The number of nitrogens with zero attached hydrogens (tertiary/aromatic N) is 2. The Balaban J connectivity index is 1.55. The predicted octanol–water partition coefficient (Wildman–Crippen LogP) is 3.59. The first-order valence-corrected chi connectivity index (χ1v) is 11.3. The highest BCUT2D eigenvalue weighted by molar-refractivity contribution is 6.10. The lowest BCUT2D eigenvalue weighted by Gasteiger charge is -2.27. The molecule has 7 heteroatoms. The van der Waals surface area contributed by atoms with E-state index in [9.17, 15) is 14.4 Å². The zero-order valence-corrected chi connectivity index (χ0v) is 18.9. The van der Waals surface area contributed by atoms with Crippen LogP contribution in [0.25, 0.3) is 10.9 Å². The van der Waals surface area contributed by atoms with Gasteiger partial charge in [-0.25, -0.2) is 0 Å². The maximum atomic E-state index is 13.3. The lowest BCUT2D eigenvalue weighted by molar-refractivity contribution is -0.147. The van der Waals surface area contributed by atoms with E-state index >= 15 is 0 Å². The largest absolute Gasteiger partial charge is 0.383 e. The van der Waals surface area contributed by atoms with Crippen LogP contribution in [0.2, 0.25) is 0 Å². The molecule has 32 heavy (non-hydrogen) atoms. The molecule has 2 heterocycles. The second-order valence-corrected chi connectivity index (χ2v) is 9.11. The first-order valence-electron chi connectivity index (χ1n) is 11.3. The van der Waals surface area contributed by atoms with Crippen molar-refractivity contribution in [1.29, 1.82) is 0 Å². The van der Waals surface area contributed by atoms with Crippen LogP contribution in [0.15, 0.2) is 42.6 Å². The molecule has 0 bridgehead atoms. The second-order valence-electron chi connectivity index (χ2n) is 9.11. The zero-order chi connectivity index (χ0) is 22.8. The smallest absolute Gasteiger partial charge is 0.247 e. The molecule has 3 atom stereocenters. The molecule has 1 aromatic heterocycles. The Morgan fingerprint density at radius 1 is 1.12 bits per heavy atom. The van der Waals surface area contributed by atoms with E-state index in [0.29, 0.717) is 31.6 Å². The standard InChI is InChI=1S/C25H31N3O4/c1-16(2)14-22(28-24(30)19-6-4-5-7-20(19)25(28)31)23(29)26-18-8-9-21-17(15-18)10-11-27(21)12-13-32-3/h4-5,8-11,15-16,19-20,22H,6-7,12-14H2,1-3H3,(H,26,29). The van der Waals surface area contributed by atoms with E-state index < -0.39 is 6.04 Å². The zero-order valence-electron chi connectivity index (χ0n) is 18.9. The van der Waals surface area contributed by atoms with Crippen LogP contribution >= 0.6 is 0 Å². The molecular weight excluding hydrogens is 406 g/mol. The normalized spacial score (nSPS) is 21.4. The van der Waals surface area contributed by atoms with Crippen molar-refractivity contribution in [3.63, 3.8) is 0 Å². The minimum absolute atomic E-state index is 0.157. The van der Waals surface area contributed by atoms with E-state index in [1.54, 1.807) is 7.11 Å². The van der Waals surface area contributed by atoms with Crippen LogP contribution in [-0.4, -0.2) is 46.9 Å². The van der Waals surface area contributed by atoms with Crippen LogP contribution in [0.5, 0.6) is 0 Å². The summed E-state index contributed by atoms with van der Waals surface area (Å²) >= 11 is 0. The molecule has 3 unspecified atom stereocenters. The fourth-order valence-electron chi connectivity index (χ4n) is 4.80. The third-order valence-electron chi connectivity index (χ3n) is 6.43. The maximum Gasteiger partial charge on any atom is 0.247 e. The Morgan fingerprint density at radius 2 is 1.81 bits per heavy atom. The number of benzene rings is 1. The van der Waals surface area contributed by atoms with Gasteiger partial charge in [0.2, 0.25) is 17.7 Å². The summed E-state index contributed by atoms with van der Waals surface area (Å²) in [7, 11) is 1.67. The summed E-state index contributed by atoms with van der Waals surface area (Å²) < 4.78 is 7.26. The van der Waals surface area contributed by atoms with Crippen molar-refractivity contribution in [2.45, 2.75) is 45.7 Å². The second kappa shape index (κ2) is 9.28. The van der Waals surface area contributed by atoms with Gasteiger partial charge in [0.1, 0.15) is 6.04 Å². The fraction of sp³-hybridized carbons (Fsp3) is 0.480. The number of anilines is 1. The Morgan fingerprint density at radius 3 is 2.44 bits per heavy atom. The van der Waals surface area contributed by atoms with Crippen LogP contribution in [-0.2, 0) is 25.7 Å². The molecule has 1 fully saturated rings. The maximum absolute atomic E-state index is 13.3. The third kappa shape index (κ3) is 4.21. The van der Waals surface area contributed by atoms with Crippen molar-refractivity contribution in [3.05, 3.63) is 42.6 Å². The summed E-state index contributed by atoms with van der Waals surface area (Å²) in [6, 6.07) is 6.93. The van der Waals surface area contributed by atoms with Crippen molar-refractivity contribution in [3.8, 4) is 0 Å². The van der Waals surface area contributed by atoms with E-state index in [2.05, 4.69) is 9.88 Å². The number of aromatic nitrogens is 1. The Bertz CT molecular complexity index is 1030.